The minimum Gasteiger partial charge on any atom is -0.327 e. The van der Waals surface area contributed by atoms with Crippen molar-refractivity contribution in [2.45, 2.75) is 45.7 Å². The number of nitrogens with zero attached hydrogens (tertiary/aromatic N) is 2. The van der Waals surface area contributed by atoms with Crippen molar-refractivity contribution in [2.24, 2.45) is 5.92 Å². The Hall–Kier alpha value is -1.35. The fourth-order valence-corrected chi connectivity index (χ4v) is 2.90. The molecular formula is C16H23N3. The average molecular weight is 257 g/mol. The second-order valence-corrected chi connectivity index (χ2v) is 5.52. The van der Waals surface area contributed by atoms with Crippen molar-refractivity contribution in [3.05, 3.63) is 30.1 Å². The van der Waals surface area contributed by atoms with Gasteiger partial charge in [0.15, 0.2) is 0 Å². The zero-order chi connectivity index (χ0) is 13.1. The number of aromatic nitrogens is 2. The van der Waals surface area contributed by atoms with E-state index in [9.17, 15) is 0 Å². The zero-order valence-corrected chi connectivity index (χ0v) is 11.7. The molecule has 1 saturated carbocycles. The van der Waals surface area contributed by atoms with Crippen molar-refractivity contribution in [3.8, 4) is 0 Å². The van der Waals surface area contributed by atoms with Crippen molar-refractivity contribution in [2.75, 3.05) is 6.54 Å². The SMILES string of the molecule is CCn1c(CNCCC2CCC2)nc2ccccc21. The van der Waals surface area contributed by atoms with Crippen LogP contribution in [0.5, 0.6) is 0 Å². The summed E-state index contributed by atoms with van der Waals surface area (Å²) in [6, 6.07) is 8.40. The molecule has 1 fully saturated rings. The van der Waals surface area contributed by atoms with E-state index in [1.807, 2.05) is 0 Å². The van der Waals surface area contributed by atoms with Crippen LogP contribution in [-0.4, -0.2) is 16.1 Å². The Morgan fingerprint density at radius 1 is 1.32 bits per heavy atom. The third-order valence-corrected chi connectivity index (χ3v) is 4.29. The molecule has 1 aromatic carbocycles. The highest BCUT2D eigenvalue weighted by atomic mass is 15.1. The third kappa shape index (κ3) is 2.66. The molecule has 0 unspecified atom stereocenters. The highest BCUT2D eigenvalue weighted by Gasteiger charge is 2.16. The fraction of sp³-hybridized carbons (Fsp3) is 0.562. The normalized spacial score (nSPS) is 15.8. The van der Waals surface area contributed by atoms with E-state index in [-0.39, 0.29) is 0 Å². The Balaban J connectivity index is 1.62. The van der Waals surface area contributed by atoms with Crippen molar-refractivity contribution in [3.63, 3.8) is 0 Å². The van der Waals surface area contributed by atoms with Gasteiger partial charge < -0.3 is 9.88 Å². The van der Waals surface area contributed by atoms with Crippen molar-refractivity contribution in [1.29, 1.82) is 0 Å². The molecule has 3 rings (SSSR count). The maximum Gasteiger partial charge on any atom is 0.123 e. The van der Waals surface area contributed by atoms with Crippen molar-refractivity contribution >= 4 is 11.0 Å². The summed E-state index contributed by atoms with van der Waals surface area (Å²) in [5.74, 6) is 2.15. The van der Waals surface area contributed by atoms with Gasteiger partial charge in [-0.25, -0.2) is 4.98 Å². The number of hydrogen-bond acceptors (Lipinski definition) is 2. The highest BCUT2D eigenvalue weighted by Crippen LogP contribution is 2.28. The Kier molecular flexibility index (Phi) is 3.83. The van der Waals surface area contributed by atoms with Gasteiger partial charge in [-0.3, -0.25) is 0 Å². The van der Waals surface area contributed by atoms with Gasteiger partial charge in [-0.05, 0) is 37.9 Å². The van der Waals surface area contributed by atoms with E-state index in [1.165, 1.54) is 31.2 Å². The molecule has 0 aliphatic heterocycles. The van der Waals surface area contributed by atoms with Crippen LogP contribution in [0.2, 0.25) is 0 Å². The molecule has 0 saturated heterocycles. The molecular weight excluding hydrogens is 234 g/mol. The lowest BCUT2D eigenvalue weighted by molar-refractivity contribution is 0.291. The Labute approximate surface area is 115 Å². The maximum absolute atomic E-state index is 4.73. The molecule has 0 atom stereocenters. The number of hydrogen-bond donors (Lipinski definition) is 1. The molecule has 0 radical (unpaired) electrons. The molecule has 3 heteroatoms. The molecule has 3 nitrogen and oxygen atoms in total. The van der Waals surface area contributed by atoms with E-state index in [0.717, 1.165) is 36.9 Å². The lowest BCUT2D eigenvalue weighted by Gasteiger charge is -2.25. The topological polar surface area (TPSA) is 29.9 Å². The number of benzene rings is 1. The van der Waals surface area contributed by atoms with Gasteiger partial charge in [-0.2, -0.15) is 0 Å². The average Bonchev–Trinajstić information content (AvgIpc) is 2.73. The lowest BCUT2D eigenvalue weighted by Crippen LogP contribution is -2.22. The second kappa shape index (κ2) is 5.74. The van der Waals surface area contributed by atoms with E-state index in [0.29, 0.717) is 0 Å². The molecule has 0 amide bonds. The first-order chi connectivity index (χ1) is 9.38. The summed E-state index contributed by atoms with van der Waals surface area (Å²) in [7, 11) is 0. The van der Waals surface area contributed by atoms with Crippen LogP contribution in [0.1, 0.15) is 38.4 Å². The molecule has 2 aromatic rings. The molecule has 1 aromatic heterocycles. The summed E-state index contributed by atoms with van der Waals surface area (Å²) in [4.78, 5) is 4.73. The quantitative estimate of drug-likeness (QED) is 0.804. The molecule has 0 bridgehead atoms. The van der Waals surface area contributed by atoms with Gasteiger partial charge in [0.25, 0.3) is 0 Å². The standard InChI is InChI=1S/C16H23N3/c1-2-19-15-9-4-3-8-14(15)18-16(19)12-17-11-10-13-6-5-7-13/h3-4,8-9,13,17H,2,5-7,10-12H2,1H3. The minimum absolute atomic E-state index is 0.884. The van der Waals surface area contributed by atoms with Crippen LogP contribution >= 0.6 is 0 Å². The minimum atomic E-state index is 0.884. The van der Waals surface area contributed by atoms with Crippen LogP contribution in [0.4, 0.5) is 0 Å². The fourth-order valence-electron chi connectivity index (χ4n) is 2.90. The molecule has 102 valence electrons. The van der Waals surface area contributed by atoms with Crippen LogP contribution in [-0.2, 0) is 13.1 Å². The smallest absolute Gasteiger partial charge is 0.123 e. The largest absolute Gasteiger partial charge is 0.327 e. The predicted molar refractivity (Wildman–Crippen MR) is 79.1 cm³/mol. The lowest BCUT2D eigenvalue weighted by atomic mass is 9.83. The van der Waals surface area contributed by atoms with Crippen molar-refractivity contribution in [1.82, 2.24) is 14.9 Å². The van der Waals surface area contributed by atoms with Crippen LogP contribution in [0.25, 0.3) is 11.0 Å². The molecule has 1 aliphatic carbocycles. The number of aryl methyl sites for hydroxylation is 1. The predicted octanol–water partition coefficient (Wildman–Crippen LogP) is 3.34. The Bertz CT molecular complexity index is 540. The van der Waals surface area contributed by atoms with E-state index in [4.69, 9.17) is 4.98 Å². The van der Waals surface area contributed by atoms with Crippen LogP contribution in [0.3, 0.4) is 0 Å². The summed E-state index contributed by atoms with van der Waals surface area (Å²) in [6.07, 6.45) is 5.65. The van der Waals surface area contributed by atoms with Gasteiger partial charge in [0, 0.05) is 6.54 Å². The summed E-state index contributed by atoms with van der Waals surface area (Å²) < 4.78 is 2.31. The number of para-hydroxylation sites is 2. The molecule has 1 heterocycles. The first-order valence-corrected chi connectivity index (χ1v) is 7.53. The zero-order valence-electron chi connectivity index (χ0n) is 11.7. The van der Waals surface area contributed by atoms with Crippen molar-refractivity contribution < 1.29 is 0 Å². The summed E-state index contributed by atoms with van der Waals surface area (Å²) in [5.41, 5.74) is 2.36. The van der Waals surface area contributed by atoms with Gasteiger partial charge in [0.05, 0.1) is 17.6 Å². The van der Waals surface area contributed by atoms with Gasteiger partial charge >= 0.3 is 0 Å². The third-order valence-electron chi connectivity index (χ3n) is 4.29. The molecule has 0 spiro atoms. The summed E-state index contributed by atoms with van der Waals surface area (Å²) >= 11 is 0. The first kappa shape index (κ1) is 12.7. The van der Waals surface area contributed by atoms with Gasteiger partial charge in [-0.15, -0.1) is 0 Å². The molecule has 19 heavy (non-hydrogen) atoms. The van der Waals surface area contributed by atoms with Crippen LogP contribution in [0.15, 0.2) is 24.3 Å². The van der Waals surface area contributed by atoms with Gasteiger partial charge in [-0.1, -0.05) is 31.4 Å². The monoisotopic (exact) mass is 257 g/mol. The van der Waals surface area contributed by atoms with Crippen LogP contribution in [0, 0.1) is 5.92 Å². The molecule has 1 N–H and O–H groups in total. The Morgan fingerprint density at radius 2 is 2.16 bits per heavy atom. The number of imidazole rings is 1. The van der Waals surface area contributed by atoms with E-state index in [1.54, 1.807) is 0 Å². The number of fused-ring (bicyclic) bond motifs is 1. The van der Waals surface area contributed by atoms with Gasteiger partial charge in [0.2, 0.25) is 0 Å². The summed E-state index contributed by atoms with van der Waals surface area (Å²) in [6.45, 7) is 5.18. The van der Waals surface area contributed by atoms with E-state index < -0.39 is 0 Å². The highest BCUT2D eigenvalue weighted by molar-refractivity contribution is 5.75. The van der Waals surface area contributed by atoms with E-state index >= 15 is 0 Å². The van der Waals surface area contributed by atoms with Gasteiger partial charge in [0.1, 0.15) is 5.82 Å². The van der Waals surface area contributed by atoms with E-state index in [2.05, 4.69) is 41.1 Å². The first-order valence-electron chi connectivity index (χ1n) is 7.53. The number of rotatable bonds is 6. The number of nitrogens with one attached hydrogen (secondary N) is 1. The van der Waals surface area contributed by atoms with Crippen LogP contribution < -0.4 is 5.32 Å². The molecule has 1 aliphatic rings. The Morgan fingerprint density at radius 3 is 2.89 bits per heavy atom. The summed E-state index contributed by atoms with van der Waals surface area (Å²) in [5, 5.41) is 3.55. The second-order valence-electron chi connectivity index (χ2n) is 5.52. The maximum atomic E-state index is 4.73.